The first-order chi connectivity index (χ1) is 7.58. The van der Waals surface area contributed by atoms with Crippen molar-refractivity contribution >= 4 is 22.9 Å². The Balaban J connectivity index is 2.41. The summed E-state index contributed by atoms with van der Waals surface area (Å²) in [7, 11) is 0. The van der Waals surface area contributed by atoms with E-state index in [0.717, 1.165) is 26.2 Å². The molecule has 84 valence electrons. The summed E-state index contributed by atoms with van der Waals surface area (Å²) in [6, 6.07) is 7.74. The Morgan fingerprint density at radius 1 is 1.31 bits per heavy atom. The minimum atomic E-state index is 0.0403. The monoisotopic (exact) mass is 252 g/mol. The predicted octanol–water partition coefficient (Wildman–Crippen LogP) is 3.79. The highest BCUT2D eigenvalue weighted by molar-refractivity contribution is 7.15. The van der Waals surface area contributed by atoms with E-state index in [4.69, 9.17) is 17.3 Å². The maximum Gasteiger partial charge on any atom is 0.123 e. The second-order valence-corrected chi connectivity index (χ2v) is 5.23. The molecule has 2 rings (SSSR count). The van der Waals surface area contributed by atoms with E-state index in [1.54, 1.807) is 11.3 Å². The summed E-state index contributed by atoms with van der Waals surface area (Å²) >= 11 is 7.50. The van der Waals surface area contributed by atoms with Gasteiger partial charge < -0.3 is 5.73 Å². The lowest BCUT2D eigenvalue weighted by Crippen LogP contribution is -2.03. The number of aryl methyl sites for hydroxylation is 1. The maximum absolute atomic E-state index is 5.88. The van der Waals surface area contributed by atoms with Gasteiger partial charge in [-0.05, 0) is 26.0 Å². The van der Waals surface area contributed by atoms with Crippen LogP contribution in [-0.4, -0.2) is 4.98 Å². The van der Waals surface area contributed by atoms with E-state index in [1.165, 1.54) is 0 Å². The Morgan fingerprint density at radius 3 is 2.44 bits per heavy atom. The Hall–Kier alpha value is -0.900. The van der Waals surface area contributed by atoms with Gasteiger partial charge in [-0.3, -0.25) is 0 Å². The molecule has 4 heteroatoms. The molecular weight excluding hydrogens is 240 g/mol. The van der Waals surface area contributed by atoms with Crippen molar-refractivity contribution in [1.82, 2.24) is 4.98 Å². The first kappa shape index (κ1) is 11.6. The molecule has 1 heterocycles. The van der Waals surface area contributed by atoms with Gasteiger partial charge in [0.05, 0.1) is 5.69 Å². The fraction of sp³-hybridized carbons (Fsp3) is 0.250. The average molecular weight is 253 g/mol. The molecule has 0 spiro atoms. The molecule has 2 aromatic rings. The zero-order valence-corrected chi connectivity index (χ0v) is 10.8. The normalized spacial score (nSPS) is 12.8. The Morgan fingerprint density at radius 2 is 1.94 bits per heavy atom. The number of hydrogen-bond acceptors (Lipinski definition) is 3. The molecule has 1 atom stereocenters. The molecule has 0 saturated heterocycles. The number of rotatable bonds is 2. The third-order valence-corrected chi connectivity index (χ3v) is 4.00. The van der Waals surface area contributed by atoms with Crippen molar-refractivity contribution in [3.8, 4) is 10.6 Å². The molecule has 0 aliphatic rings. The van der Waals surface area contributed by atoms with Gasteiger partial charge in [0.1, 0.15) is 5.01 Å². The second-order valence-electron chi connectivity index (χ2n) is 3.76. The number of nitrogens with two attached hydrogens (primary N) is 1. The Labute approximate surface area is 104 Å². The van der Waals surface area contributed by atoms with E-state index < -0.39 is 0 Å². The number of aromatic nitrogens is 1. The van der Waals surface area contributed by atoms with Gasteiger partial charge in [-0.15, -0.1) is 11.3 Å². The molecule has 0 saturated carbocycles. The van der Waals surface area contributed by atoms with E-state index in [2.05, 4.69) is 4.98 Å². The van der Waals surface area contributed by atoms with Gasteiger partial charge in [0.15, 0.2) is 0 Å². The van der Waals surface area contributed by atoms with Gasteiger partial charge >= 0.3 is 0 Å². The van der Waals surface area contributed by atoms with Gasteiger partial charge in [-0.1, -0.05) is 23.7 Å². The van der Waals surface area contributed by atoms with E-state index >= 15 is 0 Å². The summed E-state index contributed by atoms with van der Waals surface area (Å²) in [4.78, 5) is 5.67. The highest BCUT2D eigenvalue weighted by Gasteiger charge is 2.11. The summed E-state index contributed by atoms with van der Waals surface area (Å²) in [5, 5.41) is 1.74. The molecule has 0 radical (unpaired) electrons. The predicted molar refractivity (Wildman–Crippen MR) is 69.9 cm³/mol. The van der Waals surface area contributed by atoms with Crippen LogP contribution in [0.3, 0.4) is 0 Å². The quantitative estimate of drug-likeness (QED) is 0.883. The highest BCUT2D eigenvalue weighted by Crippen LogP contribution is 2.31. The Kier molecular flexibility index (Phi) is 3.28. The molecule has 2 nitrogen and oxygen atoms in total. The summed E-state index contributed by atoms with van der Waals surface area (Å²) < 4.78 is 0. The molecular formula is C12H13ClN2S. The van der Waals surface area contributed by atoms with Gasteiger partial charge in [0, 0.05) is 21.5 Å². The zero-order chi connectivity index (χ0) is 11.7. The number of hydrogen-bond donors (Lipinski definition) is 1. The first-order valence-electron chi connectivity index (χ1n) is 5.07. The maximum atomic E-state index is 5.88. The van der Waals surface area contributed by atoms with Crippen molar-refractivity contribution in [1.29, 1.82) is 0 Å². The third-order valence-electron chi connectivity index (χ3n) is 2.34. The van der Waals surface area contributed by atoms with Crippen LogP contribution in [-0.2, 0) is 0 Å². The lowest BCUT2D eigenvalue weighted by atomic mass is 10.2. The van der Waals surface area contributed by atoms with E-state index in [0.29, 0.717) is 0 Å². The van der Waals surface area contributed by atoms with Crippen molar-refractivity contribution in [3.63, 3.8) is 0 Å². The van der Waals surface area contributed by atoms with Crippen molar-refractivity contribution in [3.05, 3.63) is 39.9 Å². The lowest BCUT2D eigenvalue weighted by molar-refractivity contribution is 0.825. The van der Waals surface area contributed by atoms with Crippen molar-refractivity contribution in [2.24, 2.45) is 5.73 Å². The van der Waals surface area contributed by atoms with Crippen molar-refractivity contribution < 1.29 is 0 Å². The smallest absolute Gasteiger partial charge is 0.123 e. The van der Waals surface area contributed by atoms with Crippen LogP contribution in [0.4, 0.5) is 0 Å². The number of thiazole rings is 1. The average Bonchev–Trinajstić information content (AvgIpc) is 2.61. The molecule has 0 bridgehead atoms. The van der Waals surface area contributed by atoms with Crippen molar-refractivity contribution in [2.75, 3.05) is 0 Å². The van der Waals surface area contributed by atoms with Crippen LogP contribution >= 0.6 is 22.9 Å². The summed E-state index contributed by atoms with van der Waals surface area (Å²) in [6.07, 6.45) is 0. The Bertz CT molecular complexity index is 488. The fourth-order valence-corrected chi connectivity index (χ4v) is 2.70. The van der Waals surface area contributed by atoms with Crippen LogP contribution in [0.2, 0.25) is 5.02 Å². The largest absolute Gasteiger partial charge is 0.323 e. The summed E-state index contributed by atoms with van der Waals surface area (Å²) in [5.74, 6) is 0. The standard InChI is InChI=1S/C12H13ClN2S/c1-7(14)11-8(2)15-12(16-11)9-3-5-10(13)6-4-9/h3-7H,14H2,1-2H3. The van der Waals surface area contributed by atoms with Crippen LogP contribution in [0.1, 0.15) is 23.5 Å². The van der Waals surface area contributed by atoms with E-state index in [1.807, 2.05) is 38.1 Å². The summed E-state index contributed by atoms with van der Waals surface area (Å²) in [6.45, 7) is 3.97. The molecule has 0 aliphatic heterocycles. The molecule has 0 fully saturated rings. The second kappa shape index (κ2) is 4.53. The molecule has 1 unspecified atom stereocenters. The van der Waals surface area contributed by atoms with Crippen molar-refractivity contribution in [2.45, 2.75) is 19.9 Å². The molecule has 1 aromatic heterocycles. The minimum Gasteiger partial charge on any atom is -0.323 e. The van der Waals surface area contributed by atoms with Crippen LogP contribution in [0.15, 0.2) is 24.3 Å². The van der Waals surface area contributed by atoms with Crippen LogP contribution in [0.25, 0.3) is 10.6 Å². The molecule has 0 aliphatic carbocycles. The topological polar surface area (TPSA) is 38.9 Å². The van der Waals surface area contributed by atoms with Crippen LogP contribution in [0, 0.1) is 6.92 Å². The van der Waals surface area contributed by atoms with Crippen LogP contribution in [0.5, 0.6) is 0 Å². The SMILES string of the molecule is Cc1nc(-c2ccc(Cl)cc2)sc1C(C)N. The van der Waals surface area contributed by atoms with Crippen LogP contribution < -0.4 is 5.73 Å². The van der Waals surface area contributed by atoms with Gasteiger partial charge in [0.2, 0.25) is 0 Å². The third kappa shape index (κ3) is 2.26. The fourth-order valence-electron chi connectivity index (χ4n) is 1.55. The first-order valence-corrected chi connectivity index (χ1v) is 6.26. The number of benzene rings is 1. The van der Waals surface area contributed by atoms with E-state index in [9.17, 15) is 0 Å². The highest BCUT2D eigenvalue weighted by atomic mass is 35.5. The lowest BCUT2D eigenvalue weighted by Gasteiger charge is -1.99. The van der Waals surface area contributed by atoms with Gasteiger partial charge in [0.25, 0.3) is 0 Å². The molecule has 16 heavy (non-hydrogen) atoms. The molecule has 1 aromatic carbocycles. The van der Waals surface area contributed by atoms with Gasteiger partial charge in [-0.2, -0.15) is 0 Å². The number of nitrogens with zero attached hydrogens (tertiary/aromatic N) is 1. The minimum absolute atomic E-state index is 0.0403. The molecule has 0 amide bonds. The van der Waals surface area contributed by atoms with Gasteiger partial charge in [-0.25, -0.2) is 4.98 Å². The zero-order valence-electron chi connectivity index (χ0n) is 9.20. The molecule has 2 N–H and O–H groups in total. The van der Waals surface area contributed by atoms with E-state index in [-0.39, 0.29) is 6.04 Å². The number of halogens is 1. The summed E-state index contributed by atoms with van der Waals surface area (Å²) in [5.41, 5.74) is 7.99.